The Kier molecular flexibility index (Phi) is 4.03. The van der Waals surface area contributed by atoms with E-state index in [1.54, 1.807) is 6.07 Å². The first-order valence-electron chi connectivity index (χ1n) is 5.77. The fraction of sp³-hybridized carbons (Fsp3) is 0.133. The van der Waals surface area contributed by atoms with Crippen molar-refractivity contribution in [3.05, 3.63) is 59.7 Å². The molecule has 0 atom stereocenters. The molecule has 0 aliphatic heterocycles. The molecule has 0 aliphatic rings. The van der Waals surface area contributed by atoms with Gasteiger partial charge in [-0.15, -0.1) is 0 Å². The Bertz CT molecular complexity index is 564. The number of carbonyl (C=O) groups excluding carboxylic acids is 1. The van der Waals surface area contributed by atoms with Crippen LogP contribution >= 0.6 is 0 Å². The minimum atomic E-state index is -1.24. The Labute approximate surface area is 111 Å². The smallest absolute Gasteiger partial charge is 0.161 e. The highest BCUT2D eigenvalue weighted by molar-refractivity contribution is 5.86. The predicted octanol–water partition coefficient (Wildman–Crippen LogP) is 1.64. The second-order valence-electron chi connectivity index (χ2n) is 3.93. The Morgan fingerprint density at radius 2 is 1.84 bits per heavy atom. The number of ether oxygens (including phenoxy) is 2. The highest BCUT2D eigenvalue weighted by Crippen LogP contribution is 2.28. The second-order valence-corrected chi connectivity index (χ2v) is 3.93. The maximum absolute atomic E-state index is 10.8. The van der Waals surface area contributed by atoms with Gasteiger partial charge in [0.1, 0.15) is 6.61 Å². The molecule has 0 aromatic heterocycles. The fourth-order valence-electron chi connectivity index (χ4n) is 1.65. The lowest BCUT2D eigenvalue weighted by atomic mass is 10.2. The molecule has 2 rings (SSSR count). The maximum Gasteiger partial charge on any atom is 0.161 e. The van der Waals surface area contributed by atoms with Crippen molar-refractivity contribution in [2.75, 3.05) is 7.11 Å². The molecular formula is C15H13O4-. The van der Waals surface area contributed by atoms with Crippen LogP contribution in [0.25, 0.3) is 0 Å². The van der Waals surface area contributed by atoms with Crippen LogP contribution < -0.4 is 14.6 Å². The number of carboxylic acid groups (broad SMARTS) is 1. The van der Waals surface area contributed by atoms with E-state index in [4.69, 9.17) is 9.47 Å². The van der Waals surface area contributed by atoms with E-state index in [1.165, 1.54) is 19.2 Å². The Morgan fingerprint density at radius 3 is 2.47 bits per heavy atom. The zero-order chi connectivity index (χ0) is 13.7. The van der Waals surface area contributed by atoms with Crippen LogP contribution in [-0.2, 0) is 6.61 Å². The summed E-state index contributed by atoms with van der Waals surface area (Å²) in [5.41, 5.74) is 1.08. The third kappa shape index (κ3) is 3.25. The van der Waals surface area contributed by atoms with Crippen molar-refractivity contribution in [3.63, 3.8) is 0 Å². The Morgan fingerprint density at radius 1 is 1.11 bits per heavy atom. The van der Waals surface area contributed by atoms with Gasteiger partial charge in [-0.1, -0.05) is 30.3 Å². The monoisotopic (exact) mass is 257 g/mol. The number of methoxy groups -OCH3 is 1. The van der Waals surface area contributed by atoms with Crippen molar-refractivity contribution < 1.29 is 19.4 Å². The van der Waals surface area contributed by atoms with Crippen LogP contribution in [0.4, 0.5) is 0 Å². The Balaban J connectivity index is 2.14. The first-order valence-corrected chi connectivity index (χ1v) is 5.77. The van der Waals surface area contributed by atoms with Crippen molar-refractivity contribution in [2.24, 2.45) is 0 Å². The number of hydrogen-bond acceptors (Lipinski definition) is 4. The van der Waals surface area contributed by atoms with E-state index >= 15 is 0 Å². The molecule has 0 unspecified atom stereocenters. The third-order valence-electron chi connectivity index (χ3n) is 2.64. The zero-order valence-corrected chi connectivity index (χ0v) is 10.5. The van der Waals surface area contributed by atoms with E-state index in [1.807, 2.05) is 30.3 Å². The first-order chi connectivity index (χ1) is 9.20. The van der Waals surface area contributed by atoms with Gasteiger partial charge < -0.3 is 19.4 Å². The van der Waals surface area contributed by atoms with E-state index in [-0.39, 0.29) is 5.56 Å². The van der Waals surface area contributed by atoms with Gasteiger partial charge in [0.05, 0.1) is 13.1 Å². The Hall–Kier alpha value is -2.49. The summed E-state index contributed by atoms with van der Waals surface area (Å²) < 4.78 is 10.7. The van der Waals surface area contributed by atoms with Crippen molar-refractivity contribution >= 4 is 5.97 Å². The summed E-state index contributed by atoms with van der Waals surface area (Å²) in [6.45, 7) is 0.391. The molecule has 98 valence electrons. The average Bonchev–Trinajstić information content (AvgIpc) is 2.45. The number of carboxylic acids is 1. The van der Waals surface area contributed by atoms with Gasteiger partial charge in [0.15, 0.2) is 11.5 Å². The summed E-state index contributed by atoms with van der Waals surface area (Å²) in [5.74, 6) is -0.373. The molecule has 0 spiro atoms. The lowest BCUT2D eigenvalue weighted by Crippen LogP contribution is -2.22. The van der Waals surface area contributed by atoms with Gasteiger partial charge in [-0.3, -0.25) is 0 Å². The molecule has 0 N–H and O–H groups in total. The molecule has 0 aliphatic carbocycles. The normalized spacial score (nSPS) is 9.95. The third-order valence-corrected chi connectivity index (χ3v) is 2.64. The molecule has 2 aromatic carbocycles. The molecule has 0 amide bonds. The van der Waals surface area contributed by atoms with Gasteiger partial charge in [-0.25, -0.2) is 0 Å². The molecule has 2 aromatic rings. The molecule has 0 saturated heterocycles. The van der Waals surface area contributed by atoms with Gasteiger partial charge in [0.25, 0.3) is 0 Å². The molecule has 0 fully saturated rings. The quantitative estimate of drug-likeness (QED) is 0.817. The lowest BCUT2D eigenvalue weighted by Gasteiger charge is -2.12. The summed E-state index contributed by atoms with van der Waals surface area (Å²) in [5, 5.41) is 10.8. The first kappa shape index (κ1) is 13.0. The highest BCUT2D eigenvalue weighted by atomic mass is 16.5. The van der Waals surface area contributed by atoms with Crippen molar-refractivity contribution in [1.29, 1.82) is 0 Å². The number of rotatable bonds is 5. The molecule has 0 radical (unpaired) electrons. The maximum atomic E-state index is 10.8. The van der Waals surface area contributed by atoms with E-state index < -0.39 is 5.97 Å². The second kappa shape index (κ2) is 5.91. The van der Waals surface area contributed by atoms with Crippen LogP contribution in [0.5, 0.6) is 11.5 Å². The van der Waals surface area contributed by atoms with Gasteiger partial charge in [0.2, 0.25) is 0 Å². The van der Waals surface area contributed by atoms with Gasteiger partial charge in [-0.05, 0) is 23.8 Å². The SMILES string of the molecule is COc1cc(C(=O)[O-])ccc1OCc1ccccc1. The average molecular weight is 257 g/mol. The minimum Gasteiger partial charge on any atom is -0.545 e. The van der Waals surface area contributed by atoms with E-state index in [0.29, 0.717) is 18.1 Å². The minimum absolute atomic E-state index is 0.0592. The molecule has 0 bridgehead atoms. The molecule has 0 heterocycles. The molecule has 4 heteroatoms. The van der Waals surface area contributed by atoms with Gasteiger partial charge in [0, 0.05) is 5.56 Å². The lowest BCUT2D eigenvalue weighted by molar-refractivity contribution is -0.255. The van der Waals surface area contributed by atoms with Crippen LogP contribution in [0.3, 0.4) is 0 Å². The number of benzene rings is 2. The topological polar surface area (TPSA) is 58.6 Å². The van der Waals surface area contributed by atoms with Crippen LogP contribution in [0.2, 0.25) is 0 Å². The van der Waals surface area contributed by atoms with Gasteiger partial charge >= 0.3 is 0 Å². The van der Waals surface area contributed by atoms with Crippen LogP contribution in [0.1, 0.15) is 15.9 Å². The van der Waals surface area contributed by atoms with E-state index in [2.05, 4.69) is 0 Å². The van der Waals surface area contributed by atoms with Crippen molar-refractivity contribution in [2.45, 2.75) is 6.61 Å². The molecule has 4 nitrogen and oxygen atoms in total. The number of carbonyl (C=O) groups is 1. The van der Waals surface area contributed by atoms with Crippen molar-refractivity contribution in [1.82, 2.24) is 0 Å². The predicted molar refractivity (Wildman–Crippen MR) is 68.1 cm³/mol. The van der Waals surface area contributed by atoms with Crippen LogP contribution in [-0.4, -0.2) is 13.1 Å². The summed E-state index contributed by atoms with van der Waals surface area (Å²) in [6, 6.07) is 14.0. The van der Waals surface area contributed by atoms with Crippen LogP contribution in [0, 0.1) is 0 Å². The number of hydrogen-bond donors (Lipinski definition) is 0. The summed E-state index contributed by atoms with van der Waals surface area (Å²) in [6.07, 6.45) is 0. The molecular weight excluding hydrogens is 244 g/mol. The van der Waals surface area contributed by atoms with E-state index in [0.717, 1.165) is 5.56 Å². The molecule has 19 heavy (non-hydrogen) atoms. The summed E-state index contributed by atoms with van der Waals surface area (Å²) in [7, 11) is 1.46. The van der Waals surface area contributed by atoms with Crippen molar-refractivity contribution in [3.8, 4) is 11.5 Å². The summed E-state index contributed by atoms with van der Waals surface area (Å²) >= 11 is 0. The van der Waals surface area contributed by atoms with E-state index in [9.17, 15) is 9.90 Å². The fourth-order valence-corrected chi connectivity index (χ4v) is 1.65. The number of aromatic carboxylic acids is 1. The zero-order valence-electron chi connectivity index (χ0n) is 10.5. The highest BCUT2D eigenvalue weighted by Gasteiger charge is 2.06. The summed E-state index contributed by atoms with van der Waals surface area (Å²) in [4.78, 5) is 10.8. The van der Waals surface area contributed by atoms with Crippen LogP contribution in [0.15, 0.2) is 48.5 Å². The molecule has 0 saturated carbocycles. The van der Waals surface area contributed by atoms with Gasteiger partial charge in [-0.2, -0.15) is 0 Å². The standard InChI is InChI=1S/C15H14O4/c1-18-14-9-12(15(16)17)7-8-13(14)19-10-11-5-3-2-4-6-11/h2-9H,10H2,1H3,(H,16,17)/p-1. The largest absolute Gasteiger partial charge is 0.545 e.